The monoisotopic (exact) mass is 292 g/mol. The van der Waals surface area contributed by atoms with Gasteiger partial charge in [-0.25, -0.2) is 0 Å². The summed E-state index contributed by atoms with van der Waals surface area (Å²) >= 11 is 6.18. The summed E-state index contributed by atoms with van der Waals surface area (Å²) in [6.07, 6.45) is 1.84. The standard InChI is InChI=1S/C16H21ClN2O/c1-4-11(3)14(12-9-7-6-8-10-12)16-18-15(19-20-16)13(17)5-2/h6-11,13-14H,4-5H2,1-3H3. The first kappa shape index (κ1) is 15.0. The molecule has 0 saturated heterocycles. The maximum atomic E-state index is 6.18. The van der Waals surface area contributed by atoms with Crippen molar-refractivity contribution >= 4 is 11.6 Å². The quantitative estimate of drug-likeness (QED) is 0.708. The Bertz CT molecular complexity index is 526. The lowest BCUT2D eigenvalue weighted by Gasteiger charge is -2.19. The fourth-order valence-corrected chi connectivity index (χ4v) is 2.38. The molecule has 0 saturated carbocycles. The molecule has 20 heavy (non-hydrogen) atoms. The smallest absolute Gasteiger partial charge is 0.234 e. The average molecular weight is 293 g/mol. The lowest BCUT2D eigenvalue weighted by molar-refractivity contribution is 0.327. The number of hydrogen-bond acceptors (Lipinski definition) is 3. The fourth-order valence-electron chi connectivity index (χ4n) is 2.29. The van der Waals surface area contributed by atoms with E-state index in [1.165, 1.54) is 5.56 Å². The zero-order chi connectivity index (χ0) is 14.5. The third kappa shape index (κ3) is 3.21. The first-order valence-electron chi connectivity index (χ1n) is 7.19. The Morgan fingerprint density at radius 1 is 1.15 bits per heavy atom. The third-order valence-electron chi connectivity index (χ3n) is 3.73. The molecule has 3 nitrogen and oxygen atoms in total. The Labute approximate surface area is 125 Å². The van der Waals surface area contributed by atoms with Crippen LogP contribution in [0.1, 0.15) is 62.2 Å². The normalized spacial score (nSPS) is 15.8. The second kappa shape index (κ2) is 6.89. The molecule has 0 bridgehead atoms. The molecule has 1 aromatic heterocycles. The topological polar surface area (TPSA) is 38.9 Å². The molecule has 0 radical (unpaired) electrons. The Morgan fingerprint density at radius 3 is 2.45 bits per heavy atom. The van der Waals surface area contributed by atoms with Gasteiger partial charge in [-0.05, 0) is 17.9 Å². The lowest BCUT2D eigenvalue weighted by Crippen LogP contribution is -2.11. The van der Waals surface area contributed by atoms with Gasteiger partial charge in [-0.3, -0.25) is 0 Å². The van der Waals surface area contributed by atoms with E-state index in [-0.39, 0.29) is 11.3 Å². The molecule has 0 fully saturated rings. The first-order valence-corrected chi connectivity index (χ1v) is 7.63. The number of halogens is 1. The van der Waals surface area contributed by atoms with Crippen molar-refractivity contribution in [3.05, 3.63) is 47.6 Å². The highest BCUT2D eigenvalue weighted by atomic mass is 35.5. The summed E-state index contributed by atoms with van der Waals surface area (Å²) < 4.78 is 5.48. The van der Waals surface area contributed by atoms with Crippen LogP contribution < -0.4 is 0 Å². The van der Waals surface area contributed by atoms with Crippen LogP contribution in [0.3, 0.4) is 0 Å². The minimum Gasteiger partial charge on any atom is -0.339 e. The summed E-state index contributed by atoms with van der Waals surface area (Å²) in [4.78, 5) is 4.52. The highest BCUT2D eigenvalue weighted by Gasteiger charge is 2.27. The summed E-state index contributed by atoms with van der Waals surface area (Å²) in [6, 6.07) is 10.3. The van der Waals surface area contributed by atoms with Crippen molar-refractivity contribution in [3.63, 3.8) is 0 Å². The van der Waals surface area contributed by atoms with Gasteiger partial charge in [-0.2, -0.15) is 4.98 Å². The Balaban J connectivity index is 2.35. The molecular weight excluding hydrogens is 272 g/mol. The Kier molecular flexibility index (Phi) is 5.18. The van der Waals surface area contributed by atoms with Crippen molar-refractivity contribution in [2.45, 2.75) is 44.9 Å². The molecule has 0 aliphatic carbocycles. The van der Waals surface area contributed by atoms with Crippen molar-refractivity contribution in [2.75, 3.05) is 0 Å². The van der Waals surface area contributed by atoms with Crippen LogP contribution in [-0.4, -0.2) is 10.1 Å². The van der Waals surface area contributed by atoms with Crippen molar-refractivity contribution in [3.8, 4) is 0 Å². The average Bonchev–Trinajstić information content (AvgIpc) is 2.97. The first-order chi connectivity index (χ1) is 9.67. The maximum Gasteiger partial charge on any atom is 0.234 e. The Hall–Kier alpha value is -1.35. The van der Waals surface area contributed by atoms with Gasteiger partial charge in [0.25, 0.3) is 0 Å². The molecule has 0 spiro atoms. The van der Waals surface area contributed by atoms with E-state index in [4.69, 9.17) is 16.1 Å². The minimum atomic E-state index is -0.180. The zero-order valence-corrected chi connectivity index (χ0v) is 13.0. The van der Waals surface area contributed by atoms with Gasteiger partial charge in [0.1, 0.15) is 0 Å². The van der Waals surface area contributed by atoms with Crippen LogP contribution >= 0.6 is 11.6 Å². The van der Waals surface area contributed by atoms with Gasteiger partial charge in [0.2, 0.25) is 5.89 Å². The van der Waals surface area contributed by atoms with Crippen molar-refractivity contribution in [2.24, 2.45) is 5.92 Å². The summed E-state index contributed by atoms with van der Waals surface area (Å²) in [7, 11) is 0. The predicted molar refractivity (Wildman–Crippen MR) is 80.9 cm³/mol. The van der Waals surface area contributed by atoms with Crippen LogP contribution in [0.5, 0.6) is 0 Å². The van der Waals surface area contributed by atoms with Crippen LogP contribution in [0.25, 0.3) is 0 Å². The highest BCUT2D eigenvalue weighted by Crippen LogP contribution is 2.33. The van der Waals surface area contributed by atoms with E-state index in [1.54, 1.807) is 0 Å². The van der Waals surface area contributed by atoms with Gasteiger partial charge in [0.15, 0.2) is 5.82 Å². The molecule has 2 rings (SSSR count). The second-order valence-electron chi connectivity index (χ2n) is 5.14. The molecule has 0 aliphatic rings. The molecule has 0 aliphatic heterocycles. The van der Waals surface area contributed by atoms with Gasteiger partial charge in [-0.15, -0.1) is 11.6 Å². The largest absolute Gasteiger partial charge is 0.339 e. The van der Waals surface area contributed by atoms with Gasteiger partial charge in [-0.1, -0.05) is 62.7 Å². The van der Waals surface area contributed by atoms with Crippen LogP contribution in [0.4, 0.5) is 0 Å². The summed E-state index contributed by atoms with van der Waals surface area (Å²) in [5.41, 5.74) is 1.21. The minimum absolute atomic E-state index is 0.128. The van der Waals surface area contributed by atoms with E-state index in [9.17, 15) is 0 Å². The van der Waals surface area contributed by atoms with Gasteiger partial charge in [0, 0.05) is 0 Å². The van der Waals surface area contributed by atoms with Gasteiger partial charge in [0.05, 0.1) is 11.3 Å². The van der Waals surface area contributed by atoms with Crippen molar-refractivity contribution in [1.29, 1.82) is 0 Å². The number of rotatable bonds is 6. The summed E-state index contributed by atoms with van der Waals surface area (Å²) in [5, 5.41) is 3.85. The molecule has 4 heteroatoms. The van der Waals surface area contributed by atoms with Gasteiger partial charge < -0.3 is 4.52 Å². The molecule has 1 aromatic carbocycles. The number of aromatic nitrogens is 2. The van der Waals surface area contributed by atoms with E-state index >= 15 is 0 Å². The lowest BCUT2D eigenvalue weighted by atomic mass is 9.85. The van der Waals surface area contributed by atoms with E-state index in [0.29, 0.717) is 17.6 Å². The molecule has 3 atom stereocenters. The maximum absolute atomic E-state index is 6.18. The third-order valence-corrected chi connectivity index (χ3v) is 4.24. The number of hydrogen-bond donors (Lipinski definition) is 0. The molecule has 1 heterocycles. The molecule has 3 unspecified atom stereocenters. The van der Waals surface area contributed by atoms with Crippen LogP contribution in [0.2, 0.25) is 0 Å². The molecule has 0 N–H and O–H groups in total. The predicted octanol–water partition coefficient (Wildman–Crippen LogP) is 4.94. The molecule has 108 valence electrons. The Morgan fingerprint density at radius 2 is 1.85 bits per heavy atom. The fraction of sp³-hybridized carbons (Fsp3) is 0.500. The van der Waals surface area contributed by atoms with E-state index < -0.39 is 0 Å². The summed E-state index contributed by atoms with van der Waals surface area (Å²) in [6.45, 7) is 6.39. The van der Waals surface area contributed by atoms with E-state index in [0.717, 1.165) is 12.8 Å². The van der Waals surface area contributed by atoms with Crippen LogP contribution in [0.15, 0.2) is 34.9 Å². The SMILES string of the molecule is CCC(Cl)c1noc(C(c2ccccc2)C(C)CC)n1. The summed E-state index contributed by atoms with van der Waals surface area (Å²) in [5.74, 6) is 1.82. The van der Waals surface area contributed by atoms with Crippen LogP contribution in [-0.2, 0) is 0 Å². The number of benzene rings is 1. The zero-order valence-electron chi connectivity index (χ0n) is 12.2. The molecule has 0 amide bonds. The van der Waals surface area contributed by atoms with Crippen molar-refractivity contribution < 1.29 is 4.52 Å². The number of nitrogens with zero attached hydrogens (tertiary/aromatic N) is 2. The molecular formula is C16H21ClN2O. The van der Waals surface area contributed by atoms with E-state index in [1.807, 2.05) is 25.1 Å². The van der Waals surface area contributed by atoms with Crippen LogP contribution in [0, 0.1) is 5.92 Å². The van der Waals surface area contributed by atoms with Crippen molar-refractivity contribution in [1.82, 2.24) is 10.1 Å². The number of alkyl halides is 1. The molecule has 2 aromatic rings. The van der Waals surface area contributed by atoms with Gasteiger partial charge >= 0.3 is 0 Å². The highest BCUT2D eigenvalue weighted by molar-refractivity contribution is 6.20. The second-order valence-corrected chi connectivity index (χ2v) is 5.67. The van der Waals surface area contributed by atoms with E-state index in [2.05, 4.69) is 36.1 Å².